The quantitative estimate of drug-likeness (QED) is 0.429. The van der Waals surface area contributed by atoms with E-state index in [1.165, 1.54) is 12.1 Å². The van der Waals surface area contributed by atoms with Crippen LogP contribution in [-0.2, 0) is 17.9 Å². The summed E-state index contributed by atoms with van der Waals surface area (Å²) >= 11 is 6.03. The van der Waals surface area contributed by atoms with Gasteiger partial charge in [0.15, 0.2) is 0 Å². The Hall–Kier alpha value is -3.64. The molecule has 1 saturated heterocycles. The molecule has 0 aromatic heterocycles. The molecule has 0 bridgehead atoms. The van der Waals surface area contributed by atoms with Crippen LogP contribution in [-0.4, -0.2) is 16.8 Å². The van der Waals surface area contributed by atoms with Crippen molar-refractivity contribution in [2.45, 2.75) is 13.2 Å². The number of hydrogen-bond donors (Lipinski definition) is 1. The van der Waals surface area contributed by atoms with Crippen LogP contribution in [0.1, 0.15) is 16.7 Å². The zero-order chi connectivity index (χ0) is 21.8. The molecule has 1 fully saturated rings. The maximum atomic E-state index is 13.9. The van der Waals surface area contributed by atoms with Gasteiger partial charge in [0.25, 0.3) is 5.91 Å². The van der Waals surface area contributed by atoms with Crippen LogP contribution in [0.3, 0.4) is 0 Å². The molecule has 156 valence electrons. The van der Waals surface area contributed by atoms with Gasteiger partial charge < -0.3 is 10.1 Å². The Kier molecular flexibility index (Phi) is 6.00. The lowest BCUT2D eigenvalue weighted by Crippen LogP contribution is -2.30. The molecule has 1 aliphatic heterocycles. The van der Waals surface area contributed by atoms with E-state index >= 15 is 0 Å². The molecule has 0 saturated carbocycles. The maximum Gasteiger partial charge on any atom is 0.329 e. The standard InChI is InChI=1S/C24H18ClFN2O3/c25-20-10-5-11-21(26)19(20)15-31-18-9-4-8-17(12-18)13-22-23(29)28(24(30)27-22)14-16-6-2-1-3-7-16/h1-13H,14-15H2,(H,27,30)/b22-13+. The minimum absolute atomic E-state index is 0.0357. The Labute approximate surface area is 183 Å². The van der Waals surface area contributed by atoms with E-state index in [9.17, 15) is 14.0 Å². The van der Waals surface area contributed by atoms with Gasteiger partial charge in [0.05, 0.1) is 11.6 Å². The number of nitrogens with one attached hydrogen (secondary N) is 1. The highest BCUT2D eigenvalue weighted by atomic mass is 35.5. The molecule has 0 atom stereocenters. The Bertz CT molecular complexity index is 1140. The number of rotatable bonds is 6. The normalized spacial score (nSPS) is 14.8. The van der Waals surface area contributed by atoms with Gasteiger partial charge in [0.2, 0.25) is 0 Å². The van der Waals surface area contributed by atoms with Crippen LogP contribution in [0.4, 0.5) is 9.18 Å². The minimum atomic E-state index is -0.471. The summed E-state index contributed by atoms with van der Waals surface area (Å²) in [6, 6.07) is 20.2. The largest absolute Gasteiger partial charge is 0.489 e. The zero-order valence-electron chi connectivity index (χ0n) is 16.3. The third kappa shape index (κ3) is 4.75. The Morgan fingerprint density at radius 3 is 2.55 bits per heavy atom. The molecule has 1 heterocycles. The molecule has 3 amide bonds. The number of carbonyl (C=O) groups excluding carboxylic acids is 2. The summed E-state index contributed by atoms with van der Waals surface area (Å²) in [6.07, 6.45) is 1.58. The lowest BCUT2D eigenvalue weighted by molar-refractivity contribution is -0.123. The van der Waals surface area contributed by atoms with E-state index in [0.29, 0.717) is 11.3 Å². The summed E-state index contributed by atoms with van der Waals surface area (Å²) in [5.41, 5.74) is 1.95. The van der Waals surface area contributed by atoms with E-state index in [1.807, 2.05) is 30.3 Å². The molecule has 7 heteroatoms. The fraction of sp³-hybridized carbons (Fsp3) is 0.0833. The Balaban J connectivity index is 1.48. The van der Waals surface area contributed by atoms with Crippen molar-refractivity contribution in [3.8, 4) is 5.75 Å². The predicted molar refractivity (Wildman–Crippen MR) is 116 cm³/mol. The number of urea groups is 1. The van der Waals surface area contributed by atoms with Gasteiger partial charge >= 0.3 is 6.03 Å². The fourth-order valence-electron chi connectivity index (χ4n) is 3.17. The average molecular weight is 437 g/mol. The number of ether oxygens (including phenoxy) is 1. The molecule has 0 spiro atoms. The molecule has 3 aromatic rings. The van der Waals surface area contributed by atoms with Crippen LogP contribution in [0.25, 0.3) is 6.08 Å². The molecule has 5 nitrogen and oxygen atoms in total. The highest BCUT2D eigenvalue weighted by Gasteiger charge is 2.33. The van der Waals surface area contributed by atoms with Gasteiger partial charge in [-0.05, 0) is 41.5 Å². The number of amides is 3. The summed E-state index contributed by atoms with van der Waals surface area (Å²) in [7, 11) is 0. The first kappa shape index (κ1) is 20.6. The van der Waals surface area contributed by atoms with Crippen molar-refractivity contribution in [3.63, 3.8) is 0 Å². The van der Waals surface area contributed by atoms with E-state index in [4.69, 9.17) is 16.3 Å². The third-order valence-electron chi connectivity index (χ3n) is 4.76. The van der Waals surface area contributed by atoms with Gasteiger partial charge in [0.1, 0.15) is 23.9 Å². The van der Waals surface area contributed by atoms with Gasteiger partial charge in [-0.25, -0.2) is 9.18 Å². The molecular weight excluding hydrogens is 419 g/mol. The molecule has 0 unspecified atom stereocenters. The monoisotopic (exact) mass is 436 g/mol. The smallest absolute Gasteiger partial charge is 0.329 e. The summed E-state index contributed by atoms with van der Waals surface area (Å²) < 4.78 is 19.6. The van der Waals surface area contributed by atoms with Crippen molar-refractivity contribution >= 4 is 29.6 Å². The summed E-state index contributed by atoms with van der Waals surface area (Å²) in [5, 5.41) is 2.89. The van der Waals surface area contributed by atoms with Crippen molar-refractivity contribution in [1.82, 2.24) is 10.2 Å². The minimum Gasteiger partial charge on any atom is -0.489 e. The zero-order valence-corrected chi connectivity index (χ0v) is 17.1. The topological polar surface area (TPSA) is 58.6 Å². The fourth-order valence-corrected chi connectivity index (χ4v) is 3.39. The number of imide groups is 1. The average Bonchev–Trinajstić information content (AvgIpc) is 3.02. The molecular formula is C24H18ClFN2O3. The van der Waals surface area contributed by atoms with E-state index in [2.05, 4.69) is 5.32 Å². The van der Waals surface area contributed by atoms with Gasteiger partial charge in [-0.15, -0.1) is 0 Å². The molecule has 0 radical (unpaired) electrons. The van der Waals surface area contributed by atoms with Gasteiger partial charge in [-0.1, -0.05) is 60.1 Å². The highest BCUT2D eigenvalue weighted by Crippen LogP contribution is 2.23. The van der Waals surface area contributed by atoms with Crippen LogP contribution in [0.2, 0.25) is 5.02 Å². The van der Waals surface area contributed by atoms with Gasteiger partial charge in [-0.3, -0.25) is 9.69 Å². The number of carbonyl (C=O) groups is 2. The molecule has 1 aliphatic rings. The Morgan fingerprint density at radius 2 is 1.77 bits per heavy atom. The molecule has 0 aliphatic carbocycles. The van der Waals surface area contributed by atoms with Crippen LogP contribution >= 0.6 is 11.6 Å². The number of hydrogen-bond acceptors (Lipinski definition) is 3. The molecule has 3 aromatic carbocycles. The van der Waals surface area contributed by atoms with Gasteiger partial charge in [0, 0.05) is 5.56 Å². The van der Waals surface area contributed by atoms with Crippen LogP contribution in [0.15, 0.2) is 78.5 Å². The summed E-state index contributed by atoms with van der Waals surface area (Å²) in [5.74, 6) is -0.367. The summed E-state index contributed by atoms with van der Waals surface area (Å²) in [6.45, 7) is 0.154. The van der Waals surface area contributed by atoms with Crippen molar-refractivity contribution < 1.29 is 18.7 Å². The molecule has 1 N–H and O–H groups in total. The molecule has 31 heavy (non-hydrogen) atoms. The maximum absolute atomic E-state index is 13.9. The number of nitrogens with zero attached hydrogens (tertiary/aromatic N) is 1. The van der Waals surface area contributed by atoms with Crippen molar-refractivity contribution in [3.05, 3.63) is 106 Å². The lowest BCUT2D eigenvalue weighted by Gasteiger charge is -2.11. The first-order chi connectivity index (χ1) is 15.0. The third-order valence-corrected chi connectivity index (χ3v) is 5.11. The van der Waals surface area contributed by atoms with E-state index in [0.717, 1.165) is 10.5 Å². The second-order valence-corrected chi connectivity index (χ2v) is 7.33. The number of benzene rings is 3. The predicted octanol–water partition coefficient (Wildman–Crippen LogP) is 5.15. The summed E-state index contributed by atoms with van der Waals surface area (Å²) in [4.78, 5) is 26.1. The van der Waals surface area contributed by atoms with Crippen molar-refractivity contribution in [2.75, 3.05) is 0 Å². The second-order valence-electron chi connectivity index (χ2n) is 6.93. The number of halogens is 2. The van der Waals surface area contributed by atoms with Crippen molar-refractivity contribution in [2.24, 2.45) is 0 Å². The first-order valence-electron chi connectivity index (χ1n) is 9.55. The van der Waals surface area contributed by atoms with Crippen LogP contribution < -0.4 is 10.1 Å². The highest BCUT2D eigenvalue weighted by molar-refractivity contribution is 6.31. The lowest BCUT2D eigenvalue weighted by atomic mass is 10.1. The first-order valence-corrected chi connectivity index (χ1v) is 9.93. The Morgan fingerprint density at radius 1 is 1.00 bits per heavy atom. The van der Waals surface area contributed by atoms with Crippen molar-refractivity contribution in [1.29, 1.82) is 0 Å². The van der Waals surface area contributed by atoms with Gasteiger partial charge in [-0.2, -0.15) is 0 Å². The molecule has 4 rings (SSSR count). The SMILES string of the molecule is O=C1N/C(=C/c2cccc(OCc3c(F)cccc3Cl)c2)C(=O)N1Cc1ccccc1. The van der Waals surface area contributed by atoms with E-state index < -0.39 is 17.8 Å². The second kappa shape index (κ2) is 9.02. The van der Waals surface area contributed by atoms with Crippen LogP contribution in [0, 0.1) is 5.82 Å². The van der Waals surface area contributed by atoms with Crippen LogP contribution in [0.5, 0.6) is 5.75 Å². The van der Waals surface area contributed by atoms with E-state index in [1.54, 1.807) is 36.4 Å². The van der Waals surface area contributed by atoms with E-state index in [-0.39, 0.29) is 29.4 Å².